The molecule has 0 spiro atoms. The third-order valence-electron chi connectivity index (χ3n) is 3.87. The third-order valence-corrected chi connectivity index (χ3v) is 3.87. The second kappa shape index (κ2) is 7.08. The van der Waals surface area contributed by atoms with Gasteiger partial charge < -0.3 is 15.3 Å². The zero-order chi connectivity index (χ0) is 17.0. The van der Waals surface area contributed by atoms with E-state index in [0.29, 0.717) is 5.69 Å². The van der Waals surface area contributed by atoms with E-state index in [1.807, 2.05) is 4.90 Å². The quantitative estimate of drug-likeness (QED) is 0.608. The zero-order valence-corrected chi connectivity index (χ0v) is 12.8. The highest BCUT2D eigenvalue weighted by atomic mass is 16.6. The molecular weight excluding hydrogens is 302 g/mol. The standard InChI is InChI=1S/C15H19N3O5/c1-10(15(20)21)9-16-14(19)11-4-5-12(13(8-11)18(22)23)17-6-2-3-7-17/h4-5,8,10H,2-3,6-7,9H2,1H3,(H,16,19)(H,20,21). The number of hydrogen-bond donors (Lipinski definition) is 2. The van der Waals surface area contributed by atoms with Gasteiger partial charge in [0.2, 0.25) is 0 Å². The van der Waals surface area contributed by atoms with Crippen LogP contribution >= 0.6 is 0 Å². The van der Waals surface area contributed by atoms with Crippen LogP contribution < -0.4 is 10.2 Å². The van der Waals surface area contributed by atoms with Crippen molar-refractivity contribution >= 4 is 23.3 Å². The van der Waals surface area contributed by atoms with Crippen molar-refractivity contribution in [2.24, 2.45) is 5.92 Å². The van der Waals surface area contributed by atoms with Gasteiger partial charge in [-0.15, -0.1) is 0 Å². The van der Waals surface area contributed by atoms with E-state index in [-0.39, 0.29) is 17.8 Å². The maximum Gasteiger partial charge on any atom is 0.308 e. The molecule has 0 bridgehead atoms. The van der Waals surface area contributed by atoms with Gasteiger partial charge in [0.1, 0.15) is 5.69 Å². The molecule has 0 aromatic heterocycles. The molecular formula is C15H19N3O5. The van der Waals surface area contributed by atoms with E-state index in [2.05, 4.69) is 5.32 Å². The highest BCUT2D eigenvalue weighted by Crippen LogP contribution is 2.31. The first-order valence-electron chi connectivity index (χ1n) is 7.44. The van der Waals surface area contributed by atoms with Gasteiger partial charge in [0.25, 0.3) is 11.6 Å². The average Bonchev–Trinajstić information content (AvgIpc) is 3.05. The Bertz CT molecular complexity index is 626. The van der Waals surface area contributed by atoms with Gasteiger partial charge in [-0.2, -0.15) is 0 Å². The van der Waals surface area contributed by atoms with E-state index in [0.717, 1.165) is 25.9 Å². The predicted molar refractivity (Wildman–Crippen MR) is 83.7 cm³/mol. The summed E-state index contributed by atoms with van der Waals surface area (Å²) in [6.07, 6.45) is 1.99. The van der Waals surface area contributed by atoms with E-state index >= 15 is 0 Å². The number of carbonyl (C=O) groups is 2. The Morgan fingerprint density at radius 3 is 2.61 bits per heavy atom. The van der Waals surface area contributed by atoms with Crippen LogP contribution in [0, 0.1) is 16.0 Å². The number of benzene rings is 1. The third kappa shape index (κ3) is 3.97. The number of nitrogens with one attached hydrogen (secondary N) is 1. The fourth-order valence-corrected chi connectivity index (χ4v) is 2.47. The molecule has 1 aliphatic rings. The minimum absolute atomic E-state index is 0.0319. The molecule has 0 aliphatic carbocycles. The maximum atomic E-state index is 12.0. The molecule has 1 unspecified atom stereocenters. The van der Waals surface area contributed by atoms with Crippen molar-refractivity contribution in [3.63, 3.8) is 0 Å². The lowest BCUT2D eigenvalue weighted by Gasteiger charge is -2.18. The Balaban J connectivity index is 2.16. The molecule has 1 heterocycles. The summed E-state index contributed by atoms with van der Waals surface area (Å²) in [4.78, 5) is 35.5. The second-order valence-corrected chi connectivity index (χ2v) is 5.60. The van der Waals surface area contributed by atoms with E-state index < -0.39 is 22.7 Å². The van der Waals surface area contributed by atoms with Crippen LogP contribution in [0.4, 0.5) is 11.4 Å². The lowest BCUT2D eigenvalue weighted by molar-refractivity contribution is -0.384. The van der Waals surface area contributed by atoms with Crippen molar-refractivity contribution in [2.45, 2.75) is 19.8 Å². The van der Waals surface area contributed by atoms with E-state index in [1.165, 1.54) is 19.1 Å². The van der Waals surface area contributed by atoms with Crippen molar-refractivity contribution in [1.29, 1.82) is 0 Å². The Hall–Kier alpha value is -2.64. The number of nitro benzene ring substituents is 1. The van der Waals surface area contributed by atoms with Gasteiger partial charge in [-0.1, -0.05) is 6.92 Å². The van der Waals surface area contributed by atoms with Gasteiger partial charge in [-0.3, -0.25) is 19.7 Å². The topological polar surface area (TPSA) is 113 Å². The van der Waals surface area contributed by atoms with Gasteiger partial charge in [-0.05, 0) is 25.0 Å². The number of anilines is 1. The highest BCUT2D eigenvalue weighted by Gasteiger charge is 2.24. The van der Waals surface area contributed by atoms with Gasteiger partial charge in [0.05, 0.1) is 10.8 Å². The largest absolute Gasteiger partial charge is 0.481 e. The summed E-state index contributed by atoms with van der Waals surface area (Å²) in [6, 6.07) is 4.36. The Morgan fingerprint density at radius 1 is 1.39 bits per heavy atom. The number of nitro groups is 1. The molecule has 124 valence electrons. The highest BCUT2D eigenvalue weighted by molar-refractivity contribution is 5.96. The summed E-state index contributed by atoms with van der Waals surface area (Å²) in [5.41, 5.74) is 0.561. The number of aliphatic carboxylic acids is 1. The van der Waals surface area contributed by atoms with Gasteiger partial charge >= 0.3 is 5.97 Å². The number of carbonyl (C=O) groups excluding carboxylic acids is 1. The number of carboxylic acids is 1. The van der Waals surface area contributed by atoms with Crippen LogP contribution in [0.1, 0.15) is 30.1 Å². The van der Waals surface area contributed by atoms with Crippen molar-refractivity contribution in [2.75, 3.05) is 24.5 Å². The predicted octanol–water partition coefficient (Wildman–Crippen LogP) is 1.65. The van der Waals surface area contributed by atoms with Crippen molar-refractivity contribution < 1.29 is 19.6 Å². The summed E-state index contributed by atoms with van der Waals surface area (Å²) in [6.45, 7) is 2.97. The first-order chi connectivity index (χ1) is 10.9. The average molecular weight is 321 g/mol. The molecule has 0 saturated carbocycles. The molecule has 1 fully saturated rings. The number of nitrogens with zero attached hydrogens (tertiary/aromatic N) is 2. The Kier molecular flexibility index (Phi) is 5.15. The van der Waals surface area contributed by atoms with Gasteiger partial charge in [0.15, 0.2) is 0 Å². The number of carboxylic acid groups (broad SMARTS) is 1. The van der Waals surface area contributed by atoms with Gasteiger partial charge in [-0.25, -0.2) is 0 Å². The van der Waals surface area contributed by atoms with Crippen molar-refractivity contribution in [3.8, 4) is 0 Å². The Morgan fingerprint density at radius 2 is 2.04 bits per heavy atom. The first-order valence-corrected chi connectivity index (χ1v) is 7.44. The van der Waals surface area contributed by atoms with E-state index in [4.69, 9.17) is 5.11 Å². The summed E-state index contributed by atoms with van der Waals surface area (Å²) in [5, 5.41) is 22.6. The van der Waals surface area contributed by atoms with Crippen LogP contribution in [0.2, 0.25) is 0 Å². The summed E-state index contributed by atoms with van der Waals surface area (Å²) >= 11 is 0. The summed E-state index contributed by atoms with van der Waals surface area (Å²) < 4.78 is 0. The summed E-state index contributed by atoms with van der Waals surface area (Å²) in [5.74, 6) is -2.26. The van der Waals surface area contributed by atoms with Crippen molar-refractivity contribution in [1.82, 2.24) is 5.32 Å². The molecule has 23 heavy (non-hydrogen) atoms. The molecule has 1 aromatic rings. The number of amides is 1. The molecule has 2 rings (SSSR count). The molecule has 1 atom stereocenters. The van der Waals surface area contributed by atoms with Crippen LogP contribution in [-0.2, 0) is 4.79 Å². The van der Waals surface area contributed by atoms with Crippen LogP contribution in [0.3, 0.4) is 0 Å². The molecule has 1 saturated heterocycles. The monoisotopic (exact) mass is 321 g/mol. The Labute approximate surface area is 133 Å². The minimum Gasteiger partial charge on any atom is -0.481 e. The molecule has 8 nitrogen and oxygen atoms in total. The number of rotatable bonds is 6. The number of hydrogen-bond acceptors (Lipinski definition) is 5. The lowest BCUT2D eigenvalue weighted by Crippen LogP contribution is -2.31. The lowest BCUT2D eigenvalue weighted by atomic mass is 10.1. The van der Waals surface area contributed by atoms with E-state index in [1.54, 1.807) is 6.07 Å². The second-order valence-electron chi connectivity index (χ2n) is 5.60. The molecule has 1 aliphatic heterocycles. The zero-order valence-electron chi connectivity index (χ0n) is 12.8. The summed E-state index contributed by atoms with van der Waals surface area (Å²) in [7, 11) is 0. The fourth-order valence-electron chi connectivity index (χ4n) is 2.47. The molecule has 0 radical (unpaired) electrons. The molecule has 8 heteroatoms. The van der Waals surface area contributed by atoms with Crippen LogP contribution in [-0.4, -0.2) is 41.5 Å². The van der Waals surface area contributed by atoms with Crippen LogP contribution in [0.5, 0.6) is 0 Å². The smallest absolute Gasteiger partial charge is 0.308 e. The van der Waals surface area contributed by atoms with Crippen molar-refractivity contribution in [3.05, 3.63) is 33.9 Å². The SMILES string of the molecule is CC(CNC(=O)c1ccc(N2CCCC2)c([N+](=O)[O-])c1)C(=O)O. The fraction of sp³-hybridized carbons (Fsp3) is 0.467. The molecule has 1 amide bonds. The minimum atomic E-state index is -1.01. The van der Waals surface area contributed by atoms with Crippen LogP contribution in [0.15, 0.2) is 18.2 Å². The van der Waals surface area contributed by atoms with Crippen LogP contribution in [0.25, 0.3) is 0 Å². The molecule has 1 aromatic carbocycles. The maximum absolute atomic E-state index is 12.0. The first kappa shape index (κ1) is 16.7. The molecule has 2 N–H and O–H groups in total. The van der Waals surface area contributed by atoms with E-state index in [9.17, 15) is 19.7 Å². The normalized spacial score (nSPS) is 15.3. The van der Waals surface area contributed by atoms with Gasteiger partial charge in [0, 0.05) is 31.3 Å².